The van der Waals surface area contributed by atoms with Crippen molar-refractivity contribution in [3.05, 3.63) is 23.9 Å². The van der Waals surface area contributed by atoms with Gasteiger partial charge in [0.1, 0.15) is 11.4 Å². The number of amides is 1. The van der Waals surface area contributed by atoms with Crippen molar-refractivity contribution in [2.45, 2.75) is 64.6 Å². The molecular formula is C18H26F3N3O3. The summed E-state index contributed by atoms with van der Waals surface area (Å²) in [4.78, 5) is 18.0. The summed E-state index contributed by atoms with van der Waals surface area (Å²) in [5, 5.41) is 2.88. The molecule has 1 aliphatic heterocycles. The number of carbonyl (C=O) groups excluding carboxylic acids is 1. The van der Waals surface area contributed by atoms with Crippen molar-refractivity contribution in [3.63, 3.8) is 0 Å². The second kappa shape index (κ2) is 7.92. The van der Waals surface area contributed by atoms with Gasteiger partial charge in [-0.05, 0) is 46.8 Å². The first-order valence-electron chi connectivity index (χ1n) is 8.79. The van der Waals surface area contributed by atoms with Crippen LogP contribution in [0.2, 0.25) is 0 Å². The fraction of sp³-hybridized carbons (Fsp3) is 0.667. The molecule has 2 rings (SSSR count). The number of hydrogen-bond acceptors (Lipinski definition) is 5. The molecule has 1 aromatic heterocycles. The third-order valence-electron chi connectivity index (χ3n) is 4.05. The van der Waals surface area contributed by atoms with Crippen LogP contribution in [0.5, 0.6) is 0 Å². The van der Waals surface area contributed by atoms with Crippen LogP contribution in [-0.4, -0.2) is 52.9 Å². The molecule has 0 spiro atoms. The third-order valence-corrected chi connectivity index (χ3v) is 4.05. The summed E-state index contributed by atoms with van der Waals surface area (Å²) in [6.07, 6.45) is -4.32. The molecule has 27 heavy (non-hydrogen) atoms. The number of pyridine rings is 1. The Morgan fingerprint density at radius 2 is 2.04 bits per heavy atom. The maximum atomic E-state index is 12.8. The van der Waals surface area contributed by atoms with Gasteiger partial charge in [0.25, 0.3) is 0 Å². The van der Waals surface area contributed by atoms with Gasteiger partial charge in [-0.1, -0.05) is 0 Å². The summed E-state index contributed by atoms with van der Waals surface area (Å²) in [7, 11) is 0. The van der Waals surface area contributed by atoms with Crippen LogP contribution in [0.25, 0.3) is 0 Å². The third kappa shape index (κ3) is 5.98. The molecule has 0 bridgehead atoms. The van der Waals surface area contributed by atoms with Gasteiger partial charge in [-0.15, -0.1) is 0 Å². The zero-order valence-corrected chi connectivity index (χ0v) is 16.1. The van der Waals surface area contributed by atoms with Crippen molar-refractivity contribution >= 4 is 11.9 Å². The maximum absolute atomic E-state index is 12.8. The van der Waals surface area contributed by atoms with Crippen molar-refractivity contribution in [1.82, 2.24) is 9.88 Å². The van der Waals surface area contributed by atoms with Crippen LogP contribution < -0.4 is 5.32 Å². The second-order valence-electron chi connectivity index (χ2n) is 7.66. The molecule has 1 saturated heterocycles. The monoisotopic (exact) mass is 389 g/mol. The molecule has 1 aliphatic rings. The van der Waals surface area contributed by atoms with Crippen molar-refractivity contribution < 1.29 is 27.4 Å². The molecule has 0 aromatic carbocycles. The number of morpholine rings is 1. The fourth-order valence-electron chi connectivity index (χ4n) is 2.89. The van der Waals surface area contributed by atoms with Gasteiger partial charge in [-0.3, -0.25) is 4.90 Å². The summed E-state index contributed by atoms with van der Waals surface area (Å²) in [6, 6.07) is 1.44. The van der Waals surface area contributed by atoms with Gasteiger partial charge < -0.3 is 14.8 Å². The summed E-state index contributed by atoms with van der Waals surface area (Å²) < 4.78 is 49.8. The van der Waals surface area contributed by atoms with E-state index in [4.69, 9.17) is 9.47 Å². The molecule has 1 fully saturated rings. The Kier molecular flexibility index (Phi) is 6.24. The van der Waals surface area contributed by atoms with Crippen LogP contribution in [0, 0.1) is 0 Å². The van der Waals surface area contributed by atoms with Crippen molar-refractivity contribution in [2.75, 3.05) is 18.4 Å². The minimum atomic E-state index is -4.45. The zero-order chi connectivity index (χ0) is 20.4. The molecule has 0 aliphatic carbocycles. The number of carbonyl (C=O) groups is 1. The lowest BCUT2D eigenvalue weighted by atomic mass is 10.1. The summed E-state index contributed by atoms with van der Waals surface area (Å²) >= 11 is 0. The van der Waals surface area contributed by atoms with Crippen LogP contribution >= 0.6 is 0 Å². The Balaban J connectivity index is 2.12. The molecule has 9 heteroatoms. The van der Waals surface area contributed by atoms with Crippen LogP contribution in [-0.2, 0) is 15.7 Å². The highest BCUT2D eigenvalue weighted by Gasteiger charge is 2.38. The van der Waals surface area contributed by atoms with Crippen molar-refractivity contribution in [3.8, 4) is 0 Å². The molecule has 3 atom stereocenters. The van der Waals surface area contributed by atoms with E-state index in [1.54, 1.807) is 25.7 Å². The van der Waals surface area contributed by atoms with E-state index in [-0.39, 0.29) is 24.6 Å². The molecule has 0 radical (unpaired) electrons. The lowest BCUT2D eigenvalue weighted by Crippen LogP contribution is -2.58. The average Bonchev–Trinajstić information content (AvgIpc) is 2.51. The minimum absolute atomic E-state index is 0.0831. The first-order chi connectivity index (χ1) is 12.4. The zero-order valence-electron chi connectivity index (χ0n) is 16.1. The SMILES string of the molecule is C[C@@H]1O[C@@H](C)CN(C(=O)OC(C)(C)C)[C@@H]1CNc1cc(C(F)(F)F)ccn1. The van der Waals surface area contributed by atoms with E-state index >= 15 is 0 Å². The summed E-state index contributed by atoms with van der Waals surface area (Å²) in [6.45, 7) is 9.52. The number of anilines is 1. The van der Waals surface area contributed by atoms with E-state index in [9.17, 15) is 18.0 Å². The van der Waals surface area contributed by atoms with Gasteiger partial charge in [0.05, 0.1) is 30.4 Å². The van der Waals surface area contributed by atoms with Gasteiger partial charge >= 0.3 is 12.3 Å². The molecule has 1 amide bonds. The molecule has 152 valence electrons. The van der Waals surface area contributed by atoms with Crippen LogP contribution in [0.1, 0.15) is 40.2 Å². The second-order valence-corrected chi connectivity index (χ2v) is 7.66. The quantitative estimate of drug-likeness (QED) is 0.849. The number of aromatic nitrogens is 1. The molecule has 0 unspecified atom stereocenters. The molecule has 6 nitrogen and oxygen atoms in total. The van der Waals surface area contributed by atoms with E-state index < -0.39 is 29.5 Å². The Labute approximate surface area is 157 Å². The molecule has 0 saturated carbocycles. The highest BCUT2D eigenvalue weighted by Crippen LogP contribution is 2.30. The molecular weight excluding hydrogens is 363 g/mol. The normalized spacial score (nSPS) is 23.9. The summed E-state index contributed by atoms with van der Waals surface area (Å²) in [5.41, 5.74) is -1.44. The van der Waals surface area contributed by atoms with Gasteiger partial charge in [0.2, 0.25) is 0 Å². The van der Waals surface area contributed by atoms with Crippen LogP contribution in [0.15, 0.2) is 18.3 Å². The highest BCUT2D eigenvalue weighted by atomic mass is 19.4. The Hall–Kier alpha value is -2.03. The van der Waals surface area contributed by atoms with E-state index in [1.165, 1.54) is 0 Å². The van der Waals surface area contributed by atoms with Crippen molar-refractivity contribution in [1.29, 1.82) is 0 Å². The number of ether oxygens (including phenoxy) is 2. The number of halogens is 3. The van der Waals surface area contributed by atoms with E-state index in [1.807, 2.05) is 13.8 Å². The number of hydrogen-bond donors (Lipinski definition) is 1. The minimum Gasteiger partial charge on any atom is -0.444 e. The topological polar surface area (TPSA) is 63.7 Å². The Bertz CT molecular complexity index is 661. The first-order valence-corrected chi connectivity index (χ1v) is 8.79. The predicted molar refractivity (Wildman–Crippen MR) is 94.5 cm³/mol. The maximum Gasteiger partial charge on any atom is 0.416 e. The molecule has 1 N–H and O–H groups in total. The fourth-order valence-corrected chi connectivity index (χ4v) is 2.89. The Morgan fingerprint density at radius 3 is 2.63 bits per heavy atom. The van der Waals surface area contributed by atoms with E-state index in [2.05, 4.69) is 10.3 Å². The lowest BCUT2D eigenvalue weighted by molar-refractivity contribution is -0.137. The standard InChI is InChI=1S/C18H26F3N3O3/c1-11-10-24(16(25)27-17(3,4)5)14(12(2)26-11)9-23-15-8-13(6-7-22-15)18(19,20)21/h6-8,11-12,14H,9-10H2,1-5H3,(H,22,23)/t11-,12-,14+/m0/s1. The number of nitrogens with one attached hydrogen (secondary N) is 1. The van der Waals surface area contributed by atoms with Gasteiger partial charge in [-0.2, -0.15) is 13.2 Å². The summed E-state index contributed by atoms with van der Waals surface area (Å²) in [5.74, 6) is 0.0831. The number of rotatable bonds is 3. The van der Waals surface area contributed by atoms with Gasteiger partial charge in [0, 0.05) is 12.7 Å². The lowest BCUT2D eigenvalue weighted by Gasteiger charge is -2.43. The van der Waals surface area contributed by atoms with E-state index in [0.29, 0.717) is 6.54 Å². The number of nitrogens with zero attached hydrogens (tertiary/aromatic N) is 2. The smallest absolute Gasteiger partial charge is 0.416 e. The van der Waals surface area contributed by atoms with Crippen LogP contribution in [0.4, 0.5) is 23.8 Å². The molecule has 2 heterocycles. The van der Waals surface area contributed by atoms with E-state index in [0.717, 1.165) is 18.3 Å². The van der Waals surface area contributed by atoms with Crippen LogP contribution in [0.3, 0.4) is 0 Å². The average molecular weight is 389 g/mol. The Morgan fingerprint density at radius 1 is 1.37 bits per heavy atom. The van der Waals surface area contributed by atoms with Gasteiger partial charge in [0.15, 0.2) is 0 Å². The predicted octanol–water partition coefficient (Wildman–Crippen LogP) is 3.93. The molecule has 1 aromatic rings. The van der Waals surface area contributed by atoms with Crippen molar-refractivity contribution in [2.24, 2.45) is 0 Å². The number of alkyl halides is 3. The largest absolute Gasteiger partial charge is 0.444 e. The first kappa shape index (κ1) is 21.3. The highest BCUT2D eigenvalue weighted by molar-refractivity contribution is 5.69. The van der Waals surface area contributed by atoms with Gasteiger partial charge in [-0.25, -0.2) is 9.78 Å².